The van der Waals surface area contributed by atoms with Crippen molar-refractivity contribution in [3.05, 3.63) is 41.7 Å². The summed E-state index contributed by atoms with van der Waals surface area (Å²) in [5, 5.41) is 8.83. The number of carboxylic acids is 1. The molecule has 0 saturated carbocycles. The van der Waals surface area contributed by atoms with Crippen molar-refractivity contribution < 1.29 is 23.1 Å². The molecule has 1 N–H and O–H groups in total. The minimum absolute atomic E-state index is 0.231. The Hall–Kier alpha value is -2.31. The molecule has 7 heteroatoms. The van der Waals surface area contributed by atoms with E-state index in [1.54, 1.807) is 10.8 Å². The van der Waals surface area contributed by atoms with Crippen molar-refractivity contribution in [3.8, 4) is 11.4 Å². The van der Waals surface area contributed by atoms with E-state index in [4.69, 9.17) is 5.11 Å². The number of aryl methyl sites for hydroxylation is 1. The van der Waals surface area contributed by atoms with Crippen LogP contribution in [-0.4, -0.2) is 20.6 Å². The maximum Gasteiger partial charge on any atom is 0.417 e. The molecule has 0 aliphatic rings. The van der Waals surface area contributed by atoms with Crippen LogP contribution < -0.4 is 0 Å². The van der Waals surface area contributed by atoms with Crippen molar-refractivity contribution in [1.29, 1.82) is 0 Å². The second-order valence-corrected chi connectivity index (χ2v) is 4.10. The molecule has 0 aliphatic heterocycles. The first-order valence-electron chi connectivity index (χ1n) is 5.80. The first-order valence-corrected chi connectivity index (χ1v) is 5.80. The van der Waals surface area contributed by atoms with Gasteiger partial charge in [0.25, 0.3) is 0 Å². The monoisotopic (exact) mass is 284 g/mol. The summed E-state index contributed by atoms with van der Waals surface area (Å²) in [7, 11) is 0. The van der Waals surface area contributed by atoms with Gasteiger partial charge in [-0.1, -0.05) is 6.07 Å². The van der Waals surface area contributed by atoms with Crippen LogP contribution in [0.5, 0.6) is 0 Å². The van der Waals surface area contributed by atoms with Crippen LogP contribution in [-0.2, 0) is 12.7 Å². The van der Waals surface area contributed by atoms with Gasteiger partial charge in [0.1, 0.15) is 5.82 Å². The third-order valence-electron chi connectivity index (χ3n) is 2.87. The number of aromatic nitrogens is 2. The van der Waals surface area contributed by atoms with Gasteiger partial charge in [-0.25, -0.2) is 9.78 Å². The van der Waals surface area contributed by atoms with E-state index < -0.39 is 23.3 Å². The number of halogens is 3. The predicted octanol–water partition coefficient (Wildman–Crippen LogP) is 3.29. The van der Waals surface area contributed by atoms with Gasteiger partial charge < -0.3 is 9.67 Å². The molecule has 0 aliphatic carbocycles. The van der Waals surface area contributed by atoms with E-state index >= 15 is 0 Å². The number of carbonyl (C=O) groups is 1. The molecule has 0 unspecified atom stereocenters. The summed E-state index contributed by atoms with van der Waals surface area (Å²) >= 11 is 0. The maximum absolute atomic E-state index is 12.9. The summed E-state index contributed by atoms with van der Waals surface area (Å²) in [6.07, 6.45) is -1.60. The summed E-state index contributed by atoms with van der Waals surface area (Å²) in [6.45, 7) is 2.39. The van der Waals surface area contributed by atoms with Gasteiger partial charge in [-0.05, 0) is 19.1 Å². The third-order valence-corrected chi connectivity index (χ3v) is 2.87. The van der Waals surface area contributed by atoms with Crippen molar-refractivity contribution in [2.75, 3.05) is 0 Å². The highest BCUT2D eigenvalue weighted by Gasteiger charge is 2.35. The molecule has 2 aromatic rings. The summed E-state index contributed by atoms with van der Waals surface area (Å²) in [5.41, 5.74) is -1.71. The molecule has 0 saturated heterocycles. The second-order valence-electron chi connectivity index (χ2n) is 4.10. The molecule has 0 atom stereocenters. The Kier molecular flexibility index (Phi) is 3.52. The van der Waals surface area contributed by atoms with Crippen molar-refractivity contribution in [3.63, 3.8) is 0 Å². The normalized spacial score (nSPS) is 11.6. The zero-order chi connectivity index (χ0) is 14.9. The molecule has 106 valence electrons. The maximum atomic E-state index is 12.9. The van der Waals surface area contributed by atoms with Crippen LogP contribution in [0, 0.1) is 0 Å². The highest BCUT2D eigenvalue weighted by atomic mass is 19.4. The van der Waals surface area contributed by atoms with Gasteiger partial charge >= 0.3 is 12.1 Å². The fourth-order valence-corrected chi connectivity index (χ4v) is 1.93. The average molecular weight is 284 g/mol. The number of alkyl halides is 3. The Morgan fingerprint density at radius 2 is 2.10 bits per heavy atom. The van der Waals surface area contributed by atoms with E-state index in [2.05, 4.69) is 4.98 Å². The van der Waals surface area contributed by atoms with E-state index in [1.165, 1.54) is 12.3 Å². The van der Waals surface area contributed by atoms with E-state index in [9.17, 15) is 18.0 Å². The lowest BCUT2D eigenvalue weighted by atomic mass is 10.0. The van der Waals surface area contributed by atoms with Gasteiger partial charge in [-0.15, -0.1) is 0 Å². The Morgan fingerprint density at radius 1 is 1.40 bits per heavy atom. The minimum atomic E-state index is -4.73. The predicted molar refractivity (Wildman–Crippen MR) is 65.3 cm³/mol. The van der Waals surface area contributed by atoms with Gasteiger partial charge in [0.2, 0.25) is 0 Å². The van der Waals surface area contributed by atoms with E-state index in [0.717, 1.165) is 12.1 Å². The smallest absolute Gasteiger partial charge is 0.417 e. The molecule has 1 aromatic carbocycles. The largest absolute Gasteiger partial charge is 0.478 e. The summed E-state index contributed by atoms with van der Waals surface area (Å²) in [4.78, 5) is 14.9. The molecule has 1 heterocycles. The van der Waals surface area contributed by atoms with Crippen LogP contribution in [0.2, 0.25) is 0 Å². The van der Waals surface area contributed by atoms with Gasteiger partial charge in [-0.2, -0.15) is 13.2 Å². The van der Waals surface area contributed by atoms with E-state index in [1.807, 2.05) is 6.92 Å². The number of hydrogen-bond acceptors (Lipinski definition) is 2. The van der Waals surface area contributed by atoms with Crippen molar-refractivity contribution >= 4 is 5.97 Å². The molecule has 2 rings (SSSR count). The van der Waals surface area contributed by atoms with Gasteiger partial charge in [0.05, 0.1) is 11.1 Å². The number of imidazole rings is 1. The molecule has 0 radical (unpaired) electrons. The highest BCUT2D eigenvalue weighted by Crippen LogP contribution is 2.34. The highest BCUT2D eigenvalue weighted by molar-refractivity contribution is 5.90. The standard InChI is InChI=1S/C13H11F3N2O2/c1-2-18-6-5-17-11(18)8-3-4-9(12(19)20)10(7-8)13(14,15)16/h3-7H,2H2,1H3,(H,19,20). The van der Waals surface area contributed by atoms with Gasteiger partial charge in [0, 0.05) is 24.5 Å². The SMILES string of the molecule is CCn1ccnc1-c1ccc(C(=O)O)c(C(F)(F)F)c1. The Labute approximate surface area is 112 Å². The second kappa shape index (κ2) is 4.99. The van der Waals surface area contributed by atoms with Crippen LogP contribution in [0.15, 0.2) is 30.6 Å². The average Bonchev–Trinajstić information content (AvgIpc) is 2.85. The number of nitrogens with zero attached hydrogens (tertiary/aromatic N) is 2. The molecule has 0 spiro atoms. The first-order chi connectivity index (χ1) is 9.34. The van der Waals surface area contributed by atoms with Crippen molar-refractivity contribution in [2.24, 2.45) is 0 Å². The Bertz CT molecular complexity index is 647. The van der Waals surface area contributed by atoms with Gasteiger partial charge in [-0.3, -0.25) is 0 Å². The molecule has 0 bridgehead atoms. The van der Waals surface area contributed by atoms with Crippen molar-refractivity contribution in [2.45, 2.75) is 19.6 Å². The number of aromatic carboxylic acids is 1. The lowest BCUT2D eigenvalue weighted by molar-refractivity contribution is -0.138. The van der Waals surface area contributed by atoms with E-state index in [-0.39, 0.29) is 5.56 Å². The molecular weight excluding hydrogens is 273 g/mol. The minimum Gasteiger partial charge on any atom is -0.478 e. The number of carboxylic acid groups (broad SMARTS) is 1. The quantitative estimate of drug-likeness (QED) is 0.941. The van der Waals surface area contributed by atoms with Crippen LogP contribution in [0.3, 0.4) is 0 Å². The fraction of sp³-hybridized carbons (Fsp3) is 0.231. The Morgan fingerprint density at radius 3 is 2.65 bits per heavy atom. The molecule has 1 aromatic heterocycles. The lowest BCUT2D eigenvalue weighted by Gasteiger charge is -2.12. The van der Waals surface area contributed by atoms with Crippen LogP contribution in [0.25, 0.3) is 11.4 Å². The number of benzene rings is 1. The third kappa shape index (κ3) is 2.52. The zero-order valence-corrected chi connectivity index (χ0v) is 10.5. The molecule has 0 amide bonds. The van der Waals surface area contributed by atoms with E-state index in [0.29, 0.717) is 12.4 Å². The zero-order valence-electron chi connectivity index (χ0n) is 10.5. The van der Waals surface area contributed by atoms with Gasteiger partial charge in [0.15, 0.2) is 0 Å². The fourth-order valence-electron chi connectivity index (χ4n) is 1.93. The first kappa shape index (κ1) is 14.1. The topological polar surface area (TPSA) is 55.1 Å². The van der Waals surface area contributed by atoms with Crippen LogP contribution in [0.4, 0.5) is 13.2 Å². The lowest BCUT2D eigenvalue weighted by Crippen LogP contribution is -2.13. The molecule has 0 fully saturated rings. The van der Waals surface area contributed by atoms with Crippen molar-refractivity contribution in [1.82, 2.24) is 9.55 Å². The summed E-state index contributed by atoms with van der Waals surface area (Å²) in [6, 6.07) is 3.10. The molecule has 4 nitrogen and oxygen atoms in total. The molecular formula is C13H11F3N2O2. The number of hydrogen-bond donors (Lipinski definition) is 1. The van der Waals surface area contributed by atoms with Crippen LogP contribution >= 0.6 is 0 Å². The summed E-state index contributed by atoms with van der Waals surface area (Å²) in [5.74, 6) is -1.24. The number of rotatable bonds is 3. The van der Waals surface area contributed by atoms with Crippen LogP contribution in [0.1, 0.15) is 22.8 Å². The molecule has 20 heavy (non-hydrogen) atoms. The summed E-state index contributed by atoms with van der Waals surface area (Å²) < 4.78 is 40.4. The Balaban J connectivity index is 2.61.